The molecule has 4 N–H and O–H groups in total. The Kier molecular flexibility index (Phi) is 6.00. The number of nitrogens with two attached hydrogens (primary N) is 1. The molecule has 1 aromatic carbocycles. The van der Waals surface area contributed by atoms with Crippen molar-refractivity contribution >= 4 is 23.6 Å². The molecule has 0 fully saturated rings. The minimum absolute atomic E-state index is 0.385. The van der Waals surface area contributed by atoms with Crippen molar-refractivity contribution in [3.05, 3.63) is 48.4 Å². The number of carbonyl (C=O) groups excluding carboxylic acids is 1. The Bertz CT molecular complexity index is 573. The van der Waals surface area contributed by atoms with Gasteiger partial charge in [-0.15, -0.1) is 0 Å². The molecular formula is C15H21N5O. The maximum absolute atomic E-state index is 11.6. The predicted molar refractivity (Wildman–Crippen MR) is 88.1 cm³/mol. The van der Waals surface area contributed by atoms with Crippen molar-refractivity contribution in [1.29, 1.82) is 0 Å². The number of allylic oxidation sites excluding steroid dienone is 1. The lowest BCUT2D eigenvalue weighted by atomic mass is 10.2. The third-order valence-electron chi connectivity index (χ3n) is 2.83. The molecular weight excluding hydrogens is 266 g/mol. The van der Waals surface area contributed by atoms with Crippen LogP contribution >= 0.6 is 0 Å². The lowest BCUT2D eigenvalue weighted by Gasteiger charge is -2.22. The molecule has 0 unspecified atom stereocenters. The normalized spacial score (nSPS) is 12.2. The average molecular weight is 287 g/mol. The summed E-state index contributed by atoms with van der Waals surface area (Å²) >= 11 is 0. The molecule has 6 nitrogen and oxygen atoms in total. The van der Waals surface area contributed by atoms with Crippen molar-refractivity contribution < 1.29 is 4.79 Å². The fourth-order valence-corrected chi connectivity index (χ4v) is 1.86. The lowest BCUT2D eigenvalue weighted by molar-refractivity contribution is -0.106. The number of nitrogens with zero attached hydrogens (tertiary/aromatic N) is 2. The smallest absolute Gasteiger partial charge is 0.219 e. The zero-order chi connectivity index (χ0) is 15.8. The average Bonchev–Trinajstić information content (AvgIpc) is 2.48. The molecule has 6 heteroatoms. The van der Waals surface area contributed by atoms with Crippen LogP contribution in [-0.4, -0.2) is 26.3 Å². The molecule has 1 aromatic rings. The van der Waals surface area contributed by atoms with E-state index in [9.17, 15) is 4.79 Å². The Labute approximate surface area is 125 Å². The quantitative estimate of drug-likeness (QED) is 0.422. The number of amides is 1. The van der Waals surface area contributed by atoms with Crippen LogP contribution in [0.4, 0.5) is 11.4 Å². The second kappa shape index (κ2) is 7.74. The van der Waals surface area contributed by atoms with Crippen molar-refractivity contribution in [2.24, 2.45) is 10.7 Å². The summed E-state index contributed by atoms with van der Waals surface area (Å²) < 4.78 is 0. The van der Waals surface area contributed by atoms with Gasteiger partial charge in [-0.2, -0.15) is 0 Å². The number of rotatable bonds is 6. The van der Waals surface area contributed by atoms with E-state index in [4.69, 9.17) is 5.73 Å². The van der Waals surface area contributed by atoms with Crippen LogP contribution in [0.1, 0.15) is 6.92 Å². The van der Waals surface area contributed by atoms with Gasteiger partial charge in [0.1, 0.15) is 0 Å². The van der Waals surface area contributed by atoms with Crippen LogP contribution in [0.3, 0.4) is 0 Å². The monoisotopic (exact) mass is 287 g/mol. The number of likely N-dealkylation sites (N-methyl/N-ethyl adjacent to an activating group) is 1. The van der Waals surface area contributed by atoms with Gasteiger partial charge in [-0.3, -0.25) is 9.69 Å². The van der Waals surface area contributed by atoms with Crippen molar-refractivity contribution in [2.75, 3.05) is 24.3 Å². The number of nitrogens with one attached hydrogen (secondary N) is 2. The largest absolute Gasteiger partial charge is 0.400 e. The standard InChI is InChI=1S/C15H21N5O/c1-5-19-15(14(18-4)11(2)16)20(10-21)13-8-6-7-12(9-13)17-3/h5-10,17-18H,1,16H2,2-4H3/b14-11-,19-15?. The van der Waals surface area contributed by atoms with E-state index >= 15 is 0 Å². The summed E-state index contributed by atoms with van der Waals surface area (Å²) in [7, 11) is 3.53. The third kappa shape index (κ3) is 3.85. The van der Waals surface area contributed by atoms with Gasteiger partial charge in [0, 0.05) is 31.7 Å². The maximum Gasteiger partial charge on any atom is 0.219 e. The highest BCUT2D eigenvalue weighted by atomic mass is 16.1. The highest BCUT2D eigenvalue weighted by molar-refractivity contribution is 6.18. The summed E-state index contributed by atoms with van der Waals surface area (Å²) in [5.41, 5.74) is 8.50. The van der Waals surface area contributed by atoms with E-state index in [2.05, 4.69) is 22.2 Å². The molecule has 0 aliphatic heterocycles. The molecule has 0 saturated heterocycles. The van der Waals surface area contributed by atoms with Crippen LogP contribution in [0, 0.1) is 0 Å². The Morgan fingerprint density at radius 1 is 1.43 bits per heavy atom. The van der Waals surface area contributed by atoms with E-state index in [0.717, 1.165) is 5.69 Å². The van der Waals surface area contributed by atoms with Gasteiger partial charge in [0.2, 0.25) is 6.41 Å². The first kappa shape index (κ1) is 16.3. The first-order valence-corrected chi connectivity index (χ1v) is 6.44. The second-order valence-corrected chi connectivity index (χ2v) is 4.22. The van der Waals surface area contributed by atoms with Crippen molar-refractivity contribution in [1.82, 2.24) is 5.32 Å². The van der Waals surface area contributed by atoms with Crippen LogP contribution in [0.15, 0.2) is 53.4 Å². The Balaban J connectivity index is 3.39. The van der Waals surface area contributed by atoms with Crippen LogP contribution in [0.25, 0.3) is 0 Å². The molecule has 112 valence electrons. The highest BCUT2D eigenvalue weighted by Gasteiger charge is 2.18. The summed E-state index contributed by atoms with van der Waals surface area (Å²) in [6, 6.07) is 7.40. The second-order valence-electron chi connectivity index (χ2n) is 4.22. The number of aliphatic imine (C=N–C) groups is 1. The fraction of sp³-hybridized carbons (Fsp3) is 0.200. The molecule has 0 aliphatic rings. The molecule has 21 heavy (non-hydrogen) atoms. The zero-order valence-electron chi connectivity index (χ0n) is 12.6. The van der Waals surface area contributed by atoms with Crippen LogP contribution < -0.4 is 21.3 Å². The van der Waals surface area contributed by atoms with E-state index < -0.39 is 0 Å². The number of benzene rings is 1. The molecule has 0 radical (unpaired) electrons. The summed E-state index contributed by atoms with van der Waals surface area (Å²) in [6.45, 7) is 5.32. The number of amidine groups is 1. The van der Waals surface area contributed by atoms with Crippen molar-refractivity contribution in [3.8, 4) is 0 Å². The highest BCUT2D eigenvalue weighted by Crippen LogP contribution is 2.20. The van der Waals surface area contributed by atoms with Gasteiger partial charge in [0.05, 0.1) is 11.4 Å². The van der Waals surface area contributed by atoms with Gasteiger partial charge >= 0.3 is 0 Å². The van der Waals surface area contributed by atoms with E-state index in [1.165, 1.54) is 11.1 Å². The fourth-order valence-electron chi connectivity index (χ4n) is 1.86. The molecule has 1 amide bonds. The topological polar surface area (TPSA) is 82.8 Å². The lowest BCUT2D eigenvalue weighted by Crippen LogP contribution is -2.36. The number of hydrogen-bond donors (Lipinski definition) is 3. The maximum atomic E-state index is 11.6. The third-order valence-corrected chi connectivity index (χ3v) is 2.83. The molecule has 0 spiro atoms. The summed E-state index contributed by atoms with van der Waals surface area (Å²) in [4.78, 5) is 17.1. The summed E-state index contributed by atoms with van der Waals surface area (Å²) in [5, 5.41) is 5.99. The first-order valence-electron chi connectivity index (χ1n) is 6.44. The number of carbonyl (C=O) groups is 1. The van der Waals surface area contributed by atoms with Crippen molar-refractivity contribution in [2.45, 2.75) is 6.92 Å². The Hall–Kier alpha value is -2.76. The van der Waals surface area contributed by atoms with Crippen LogP contribution in [0.5, 0.6) is 0 Å². The summed E-state index contributed by atoms with van der Waals surface area (Å²) in [5.74, 6) is 0.385. The minimum Gasteiger partial charge on any atom is -0.400 e. The molecule has 0 atom stereocenters. The molecule has 0 bridgehead atoms. The number of anilines is 2. The molecule has 0 aliphatic carbocycles. The van der Waals surface area contributed by atoms with Crippen LogP contribution in [-0.2, 0) is 4.79 Å². The van der Waals surface area contributed by atoms with Gasteiger partial charge < -0.3 is 16.4 Å². The molecule has 0 saturated carbocycles. The van der Waals surface area contributed by atoms with Gasteiger partial charge in [-0.05, 0) is 25.1 Å². The van der Waals surface area contributed by atoms with Gasteiger partial charge in [0.15, 0.2) is 5.84 Å². The SMILES string of the molecule is C=CN=C(/C(NC)=C(\C)N)N(C=O)c1cccc(NC)c1. The van der Waals surface area contributed by atoms with E-state index in [-0.39, 0.29) is 0 Å². The van der Waals surface area contributed by atoms with Gasteiger partial charge in [-0.25, -0.2) is 4.99 Å². The van der Waals surface area contributed by atoms with Crippen LogP contribution in [0.2, 0.25) is 0 Å². The Morgan fingerprint density at radius 3 is 2.62 bits per heavy atom. The van der Waals surface area contributed by atoms with E-state index in [0.29, 0.717) is 29.3 Å². The van der Waals surface area contributed by atoms with E-state index in [1.54, 1.807) is 14.0 Å². The molecule has 0 aromatic heterocycles. The number of hydrogen-bond acceptors (Lipinski definition) is 5. The predicted octanol–water partition coefficient (Wildman–Crippen LogP) is 1.64. The molecule has 1 rings (SSSR count). The zero-order valence-corrected chi connectivity index (χ0v) is 12.6. The first-order chi connectivity index (χ1) is 10.1. The van der Waals surface area contributed by atoms with Gasteiger partial charge in [0.25, 0.3) is 0 Å². The minimum atomic E-state index is 0.385. The van der Waals surface area contributed by atoms with Crippen molar-refractivity contribution in [3.63, 3.8) is 0 Å². The van der Waals surface area contributed by atoms with E-state index in [1.807, 2.05) is 31.3 Å². The summed E-state index contributed by atoms with van der Waals surface area (Å²) in [6.07, 6.45) is 2.06. The Morgan fingerprint density at radius 2 is 2.14 bits per heavy atom. The molecule has 0 heterocycles. The van der Waals surface area contributed by atoms with Gasteiger partial charge in [-0.1, -0.05) is 12.6 Å².